The van der Waals surface area contributed by atoms with Crippen molar-refractivity contribution < 1.29 is 22.3 Å². The van der Waals surface area contributed by atoms with Gasteiger partial charge >= 0.3 is 11.9 Å². The molecule has 0 radical (unpaired) electrons. The fraction of sp³-hybridized carbons (Fsp3) is 0.481. The molecular weight excluding hydrogens is 488 g/mol. The molecule has 2 heterocycles. The SMILES string of the molecule is CCC[C@]1(n2cn[nH]c2=O)CC[C@@](CO[C@H](C)c2cc(CF)cc(C(F)(F)F)c2)(c2ccccc2)NC1. The number of nitrogens with one attached hydrogen (secondary N) is 2. The van der Waals surface area contributed by atoms with Crippen molar-refractivity contribution in [2.45, 2.75) is 69.6 Å². The number of halogens is 4. The van der Waals surface area contributed by atoms with Gasteiger partial charge in [0, 0.05) is 6.54 Å². The van der Waals surface area contributed by atoms with Crippen LogP contribution in [0.5, 0.6) is 0 Å². The Kier molecular flexibility index (Phi) is 7.89. The van der Waals surface area contributed by atoms with Crippen LogP contribution >= 0.6 is 0 Å². The Hall–Kier alpha value is -2.98. The van der Waals surface area contributed by atoms with E-state index in [-0.39, 0.29) is 23.4 Å². The van der Waals surface area contributed by atoms with Crippen LogP contribution in [0.3, 0.4) is 0 Å². The number of nitrogens with zero attached hydrogens (tertiary/aromatic N) is 2. The van der Waals surface area contributed by atoms with E-state index in [1.165, 1.54) is 12.4 Å². The van der Waals surface area contributed by atoms with Gasteiger partial charge in [-0.15, -0.1) is 0 Å². The molecule has 2 N–H and O–H groups in total. The molecule has 0 amide bonds. The Balaban J connectivity index is 1.60. The quantitative estimate of drug-likeness (QED) is 0.360. The van der Waals surface area contributed by atoms with E-state index < -0.39 is 35.6 Å². The largest absolute Gasteiger partial charge is 0.416 e. The van der Waals surface area contributed by atoms with Crippen LogP contribution in [-0.4, -0.2) is 27.9 Å². The summed E-state index contributed by atoms with van der Waals surface area (Å²) < 4.78 is 61.3. The molecule has 1 aliphatic heterocycles. The van der Waals surface area contributed by atoms with Crippen molar-refractivity contribution in [2.75, 3.05) is 13.2 Å². The zero-order valence-electron chi connectivity index (χ0n) is 20.9. The van der Waals surface area contributed by atoms with Crippen LogP contribution in [-0.2, 0) is 28.7 Å². The lowest BCUT2D eigenvalue weighted by atomic mass is 9.74. The summed E-state index contributed by atoms with van der Waals surface area (Å²) in [5.41, 5.74) is -1.02. The van der Waals surface area contributed by atoms with Crippen molar-refractivity contribution in [3.63, 3.8) is 0 Å². The summed E-state index contributed by atoms with van der Waals surface area (Å²) in [4.78, 5) is 12.4. The minimum absolute atomic E-state index is 0.0382. The number of H-pyrrole nitrogens is 1. The summed E-state index contributed by atoms with van der Waals surface area (Å²) in [7, 11) is 0. The average Bonchev–Trinajstić information content (AvgIpc) is 3.34. The molecule has 0 bridgehead atoms. The van der Waals surface area contributed by atoms with Gasteiger partial charge in [-0.2, -0.15) is 18.3 Å². The summed E-state index contributed by atoms with van der Waals surface area (Å²) in [5.74, 6) is 0. The summed E-state index contributed by atoms with van der Waals surface area (Å²) in [6, 6.07) is 13.0. The minimum atomic E-state index is -4.58. The van der Waals surface area contributed by atoms with E-state index in [0.29, 0.717) is 19.4 Å². The third kappa shape index (κ3) is 5.65. The number of aromatic nitrogens is 3. The van der Waals surface area contributed by atoms with E-state index in [4.69, 9.17) is 4.74 Å². The average molecular weight is 521 g/mol. The first-order valence-electron chi connectivity index (χ1n) is 12.4. The van der Waals surface area contributed by atoms with Gasteiger partial charge in [-0.25, -0.2) is 14.3 Å². The molecule has 2 aromatic carbocycles. The second-order valence-corrected chi connectivity index (χ2v) is 9.86. The van der Waals surface area contributed by atoms with Gasteiger partial charge in [-0.05, 0) is 55.0 Å². The molecule has 3 atom stereocenters. The van der Waals surface area contributed by atoms with E-state index in [0.717, 1.165) is 30.5 Å². The molecule has 10 heteroatoms. The second kappa shape index (κ2) is 10.8. The normalized spacial score (nSPS) is 23.2. The zero-order valence-corrected chi connectivity index (χ0v) is 20.9. The number of aromatic amines is 1. The number of ether oxygens (including phenoxy) is 1. The highest BCUT2D eigenvalue weighted by Crippen LogP contribution is 2.40. The highest BCUT2D eigenvalue weighted by Gasteiger charge is 2.45. The summed E-state index contributed by atoms with van der Waals surface area (Å²) >= 11 is 0. The minimum Gasteiger partial charge on any atom is -0.372 e. The first kappa shape index (κ1) is 27.1. The van der Waals surface area contributed by atoms with Crippen LogP contribution in [0.4, 0.5) is 17.6 Å². The highest BCUT2D eigenvalue weighted by atomic mass is 19.4. The van der Waals surface area contributed by atoms with Crippen molar-refractivity contribution in [3.8, 4) is 0 Å². The standard InChI is InChI=1S/C27H32F4N4O2/c1-3-9-25(35-18-33-34-24(35)36)10-11-26(32-16-25,22-7-5-4-6-8-22)17-37-19(2)21-12-20(15-28)13-23(14-21)27(29,30)31/h4-8,12-14,18-19,32H,3,9-11,15-17H2,1-2H3,(H,34,36)/t19-,25+,26-/m1/s1. The molecule has 1 aromatic heterocycles. The highest BCUT2D eigenvalue weighted by molar-refractivity contribution is 5.33. The van der Waals surface area contributed by atoms with Crippen molar-refractivity contribution in [1.82, 2.24) is 20.1 Å². The van der Waals surface area contributed by atoms with Crippen molar-refractivity contribution in [2.24, 2.45) is 0 Å². The molecule has 3 aromatic rings. The lowest BCUT2D eigenvalue weighted by Crippen LogP contribution is -2.60. The topological polar surface area (TPSA) is 71.9 Å². The van der Waals surface area contributed by atoms with Crippen molar-refractivity contribution in [3.05, 3.63) is 87.6 Å². The maximum atomic E-state index is 13.4. The van der Waals surface area contributed by atoms with Crippen LogP contribution in [0.1, 0.15) is 67.9 Å². The number of alkyl halides is 4. The van der Waals surface area contributed by atoms with Crippen LogP contribution < -0.4 is 11.0 Å². The molecule has 1 aliphatic rings. The zero-order chi connectivity index (χ0) is 26.7. The third-order valence-electron chi connectivity index (χ3n) is 7.42. The predicted molar refractivity (Wildman–Crippen MR) is 132 cm³/mol. The van der Waals surface area contributed by atoms with Gasteiger partial charge in [0.05, 0.1) is 29.4 Å². The van der Waals surface area contributed by atoms with Crippen LogP contribution in [0.2, 0.25) is 0 Å². The fourth-order valence-corrected chi connectivity index (χ4v) is 5.31. The van der Waals surface area contributed by atoms with Crippen LogP contribution in [0, 0.1) is 0 Å². The molecule has 0 aliphatic carbocycles. The monoisotopic (exact) mass is 520 g/mol. The number of hydrogen-bond donors (Lipinski definition) is 2. The van der Waals surface area contributed by atoms with Gasteiger partial charge in [-0.1, -0.05) is 49.7 Å². The van der Waals surface area contributed by atoms with Gasteiger partial charge < -0.3 is 10.1 Å². The molecule has 37 heavy (non-hydrogen) atoms. The van der Waals surface area contributed by atoms with Gasteiger partial charge in [0.25, 0.3) is 0 Å². The first-order valence-corrected chi connectivity index (χ1v) is 12.4. The van der Waals surface area contributed by atoms with E-state index in [2.05, 4.69) is 22.4 Å². The number of piperidine rings is 1. The molecule has 0 saturated carbocycles. The molecule has 0 unspecified atom stereocenters. The van der Waals surface area contributed by atoms with Crippen LogP contribution in [0.25, 0.3) is 0 Å². The molecule has 1 fully saturated rings. The lowest BCUT2D eigenvalue weighted by Gasteiger charge is -2.48. The first-order chi connectivity index (χ1) is 17.6. The smallest absolute Gasteiger partial charge is 0.372 e. The van der Waals surface area contributed by atoms with Crippen molar-refractivity contribution >= 4 is 0 Å². The Labute approximate surface area is 213 Å². The summed E-state index contributed by atoms with van der Waals surface area (Å²) in [6.45, 7) is 3.42. The van der Waals surface area contributed by atoms with Gasteiger partial charge in [0.1, 0.15) is 13.0 Å². The van der Waals surface area contributed by atoms with Crippen LogP contribution in [0.15, 0.2) is 59.7 Å². The third-order valence-corrected chi connectivity index (χ3v) is 7.42. The number of hydrogen-bond acceptors (Lipinski definition) is 4. The maximum absolute atomic E-state index is 13.4. The lowest BCUT2D eigenvalue weighted by molar-refractivity contribution is -0.137. The van der Waals surface area contributed by atoms with E-state index in [1.54, 1.807) is 11.5 Å². The molecule has 200 valence electrons. The van der Waals surface area contributed by atoms with E-state index in [9.17, 15) is 22.4 Å². The van der Waals surface area contributed by atoms with Gasteiger partial charge in [0.2, 0.25) is 0 Å². The van der Waals surface area contributed by atoms with E-state index >= 15 is 0 Å². The Morgan fingerprint density at radius 3 is 2.49 bits per heavy atom. The summed E-state index contributed by atoms with van der Waals surface area (Å²) in [5, 5.41) is 10.0. The Morgan fingerprint density at radius 1 is 1.16 bits per heavy atom. The Morgan fingerprint density at radius 2 is 1.92 bits per heavy atom. The van der Waals surface area contributed by atoms with E-state index in [1.807, 2.05) is 30.3 Å². The van der Waals surface area contributed by atoms with Gasteiger partial charge in [0.15, 0.2) is 0 Å². The Bertz CT molecular complexity index is 1230. The molecule has 6 nitrogen and oxygen atoms in total. The maximum Gasteiger partial charge on any atom is 0.416 e. The summed E-state index contributed by atoms with van der Waals surface area (Å²) in [6.07, 6.45) is -0.799. The molecule has 1 saturated heterocycles. The van der Waals surface area contributed by atoms with Gasteiger partial charge in [-0.3, -0.25) is 4.57 Å². The molecule has 4 rings (SSSR count). The van der Waals surface area contributed by atoms with Crippen molar-refractivity contribution in [1.29, 1.82) is 0 Å². The molecule has 0 spiro atoms. The second-order valence-electron chi connectivity index (χ2n) is 9.86. The fourth-order valence-electron chi connectivity index (χ4n) is 5.31. The number of rotatable bonds is 9. The number of benzene rings is 2. The predicted octanol–water partition coefficient (Wildman–Crippen LogP) is 5.61. The molecular formula is C27H32F4N4O2.